The minimum atomic E-state index is -0.113. The molecule has 1 aromatic carbocycles. The SMILES string of the molecule is Cc1noc(C)c1CN(C)CCC(=O)Nc1ccccc1C#N. The zero-order valence-corrected chi connectivity index (χ0v) is 13.6. The summed E-state index contributed by atoms with van der Waals surface area (Å²) < 4.78 is 5.14. The van der Waals surface area contributed by atoms with Gasteiger partial charge in [0, 0.05) is 25.1 Å². The molecule has 0 fully saturated rings. The van der Waals surface area contributed by atoms with E-state index >= 15 is 0 Å². The number of aromatic nitrogens is 1. The molecule has 23 heavy (non-hydrogen) atoms. The van der Waals surface area contributed by atoms with Crippen LogP contribution in [0.3, 0.4) is 0 Å². The first-order valence-electron chi connectivity index (χ1n) is 7.40. The first-order chi connectivity index (χ1) is 11.0. The maximum absolute atomic E-state index is 12.0. The molecule has 0 radical (unpaired) electrons. The summed E-state index contributed by atoms with van der Waals surface area (Å²) in [4.78, 5) is 14.1. The van der Waals surface area contributed by atoms with E-state index < -0.39 is 0 Å². The molecule has 0 unspecified atom stereocenters. The normalized spacial score (nSPS) is 10.6. The van der Waals surface area contributed by atoms with Gasteiger partial charge in [-0.3, -0.25) is 4.79 Å². The monoisotopic (exact) mass is 312 g/mol. The number of nitriles is 1. The van der Waals surface area contributed by atoms with Crippen molar-refractivity contribution in [3.05, 3.63) is 46.8 Å². The summed E-state index contributed by atoms with van der Waals surface area (Å²) in [6.07, 6.45) is 0.347. The first kappa shape index (κ1) is 16.7. The molecule has 1 N–H and O–H groups in total. The summed E-state index contributed by atoms with van der Waals surface area (Å²) in [6.45, 7) is 5.08. The third kappa shape index (κ3) is 4.41. The zero-order valence-electron chi connectivity index (χ0n) is 13.6. The smallest absolute Gasteiger partial charge is 0.225 e. The Hall–Kier alpha value is -2.65. The molecule has 0 aliphatic heterocycles. The van der Waals surface area contributed by atoms with Gasteiger partial charge in [0.05, 0.1) is 16.9 Å². The van der Waals surface area contributed by atoms with Gasteiger partial charge in [-0.25, -0.2) is 0 Å². The average Bonchev–Trinajstić information content (AvgIpc) is 2.85. The number of amides is 1. The van der Waals surface area contributed by atoms with E-state index in [9.17, 15) is 4.79 Å². The second-order valence-corrected chi connectivity index (χ2v) is 5.50. The summed E-state index contributed by atoms with van der Waals surface area (Å²) in [7, 11) is 1.95. The number of nitrogens with one attached hydrogen (secondary N) is 1. The number of carbonyl (C=O) groups excluding carboxylic acids is 1. The van der Waals surface area contributed by atoms with Gasteiger partial charge in [-0.05, 0) is 33.0 Å². The van der Waals surface area contributed by atoms with Crippen LogP contribution < -0.4 is 5.32 Å². The molecule has 2 aromatic rings. The fraction of sp³-hybridized carbons (Fsp3) is 0.353. The Kier molecular flexibility index (Phi) is 5.50. The second-order valence-electron chi connectivity index (χ2n) is 5.50. The van der Waals surface area contributed by atoms with Crippen molar-refractivity contribution < 1.29 is 9.32 Å². The molecule has 1 amide bonds. The molecular formula is C17H20N4O2. The van der Waals surface area contributed by atoms with Crippen molar-refractivity contribution in [3.63, 3.8) is 0 Å². The van der Waals surface area contributed by atoms with Crippen molar-refractivity contribution in [1.29, 1.82) is 5.26 Å². The fourth-order valence-electron chi connectivity index (χ4n) is 2.27. The topological polar surface area (TPSA) is 82.2 Å². The largest absolute Gasteiger partial charge is 0.361 e. The Balaban J connectivity index is 1.86. The molecule has 6 nitrogen and oxygen atoms in total. The number of aryl methyl sites for hydroxylation is 2. The van der Waals surface area contributed by atoms with Crippen LogP contribution in [0.1, 0.15) is 29.0 Å². The second kappa shape index (κ2) is 7.56. The number of hydrogen-bond acceptors (Lipinski definition) is 5. The number of para-hydroxylation sites is 1. The lowest BCUT2D eigenvalue weighted by Crippen LogP contribution is -2.24. The maximum atomic E-state index is 12.0. The van der Waals surface area contributed by atoms with Crippen LogP contribution in [-0.2, 0) is 11.3 Å². The lowest BCUT2D eigenvalue weighted by Gasteiger charge is -2.16. The van der Waals surface area contributed by atoms with E-state index in [2.05, 4.69) is 16.5 Å². The Bertz CT molecular complexity index is 711. The number of carbonyl (C=O) groups is 1. The van der Waals surface area contributed by atoms with Crippen LogP contribution in [0.4, 0.5) is 5.69 Å². The molecule has 0 aliphatic rings. The predicted octanol–water partition coefficient (Wildman–Crippen LogP) is 2.62. The van der Waals surface area contributed by atoms with Gasteiger partial charge in [-0.15, -0.1) is 0 Å². The van der Waals surface area contributed by atoms with E-state index in [4.69, 9.17) is 9.78 Å². The van der Waals surface area contributed by atoms with Gasteiger partial charge >= 0.3 is 0 Å². The summed E-state index contributed by atoms with van der Waals surface area (Å²) >= 11 is 0. The standard InChI is InChI=1S/C17H20N4O2/c1-12-15(13(2)23-20-12)11-21(3)9-8-17(22)19-16-7-5-4-6-14(16)10-18/h4-7H,8-9,11H2,1-3H3,(H,19,22). The van der Waals surface area contributed by atoms with Gasteiger partial charge in [0.1, 0.15) is 11.8 Å². The molecule has 0 bridgehead atoms. The van der Waals surface area contributed by atoms with Crippen LogP contribution in [0.2, 0.25) is 0 Å². The Morgan fingerprint density at radius 1 is 1.39 bits per heavy atom. The molecule has 0 saturated heterocycles. The maximum Gasteiger partial charge on any atom is 0.225 e. The third-order valence-corrected chi connectivity index (χ3v) is 3.65. The van der Waals surface area contributed by atoms with Gasteiger partial charge in [-0.2, -0.15) is 5.26 Å². The minimum Gasteiger partial charge on any atom is -0.361 e. The van der Waals surface area contributed by atoms with Crippen molar-refractivity contribution in [3.8, 4) is 6.07 Å². The number of benzene rings is 1. The quantitative estimate of drug-likeness (QED) is 0.886. The highest BCUT2D eigenvalue weighted by atomic mass is 16.5. The van der Waals surface area contributed by atoms with E-state index in [0.29, 0.717) is 30.8 Å². The van der Waals surface area contributed by atoms with Gasteiger partial charge in [0.2, 0.25) is 5.91 Å². The molecule has 0 saturated carbocycles. The molecule has 120 valence electrons. The lowest BCUT2D eigenvalue weighted by atomic mass is 10.2. The van der Waals surface area contributed by atoms with E-state index in [1.165, 1.54) is 0 Å². The number of rotatable bonds is 6. The van der Waals surface area contributed by atoms with E-state index in [1.807, 2.05) is 25.8 Å². The Morgan fingerprint density at radius 3 is 2.78 bits per heavy atom. The molecule has 0 spiro atoms. The van der Waals surface area contributed by atoms with Gasteiger partial charge in [-0.1, -0.05) is 17.3 Å². The molecule has 1 heterocycles. The van der Waals surface area contributed by atoms with Crippen molar-refractivity contribution in [2.24, 2.45) is 0 Å². The van der Waals surface area contributed by atoms with Crippen molar-refractivity contribution in [1.82, 2.24) is 10.1 Å². The molecule has 0 atom stereocenters. The number of anilines is 1. The fourth-order valence-corrected chi connectivity index (χ4v) is 2.27. The van der Waals surface area contributed by atoms with Crippen molar-refractivity contribution in [2.45, 2.75) is 26.8 Å². The van der Waals surface area contributed by atoms with Gasteiger partial charge < -0.3 is 14.7 Å². The van der Waals surface area contributed by atoms with Crippen LogP contribution >= 0.6 is 0 Å². The highest BCUT2D eigenvalue weighted by Gasteiger charge is 2.13. The van der Waals surface area contributed by atoms with Crippen LogP contribution in [0.25, 0.3) is 0 Å². The third-order valence-electron chi connectivity index (χ3n) is 3.65. The summed E-state index contributed by atoms with van der Waals surface area (Å²) in [5.74, 6) is 0.695. The first-order valence-corrected chi connectivity index (χ1v) is 7.40. The molecule has 2 rings (SSSR count). The van der Waals surface area contributed by atoms with Gasteiger partial charge in [0.15, 0.2) is 0 Å². The summed E-state index contributed by atoms with van der Waals surface area (Å²) in [5, 5.41) is 15.7. The number of nitrogens with zero attached hydrogens (tertiary/aromatic N) is 3. The molecule has 0 aliphatic carbocycles. The Labute approximate surface area is 135 Å². The Morgan fingerprint density at radius 2 is 2.13 bits per heavy atom. The lowest BCUT2D eigenvalue weighted by molar-refractivity contribution is -0.116. The zero-order chi connectivity index (χ0) is 16.8. The summed E-state index contributed by atoms with van der Waals surface area (Å²) in [6, 6.07) is 9.03. The highest BCUT2D eigenvalue weighted by molar-refractivity contribution is 5.92. The number of hydrogen-bond donors (Lipinski definition) is 1. The van der Waals surface area contributed by atoms with E-state index in [1.54, 1.807) is 24.3 Å². The highest BCUT2D eigenvalue weighted by Crippen LogP contribution is 2.15. The van der Waals surface area contributed by atoms with Crippen LogP contribution in [0.5, 0.6) is 0 Å². The van der Waals surface area contributed by atoms with Crippen LogP contribution in [0, 0.1) is 25.2 Å². The summed E-state index contributed by atoms with van der Waals surface area (Å²) in [5.41, 5.74) is 2.95. The van der Waals surface area contributed by atoms with Crippen molar-refractivity contribution in [2.75, 3.05) is 18.9 Å². The van der Waals surface area contributed by atoms with E-state index in [-0.39, 0.29) is 5.91 Å². The van der Waals surface area contributed by atoms with E-state index in [0.717, 1.165) is 17.0 Å². The molecule has 1 aromatic heterocycles. The molecular weight excluding hydrogens is 292 g/mol. The van der Waals surface area contributed by atoms with Crippen molar-refractivity contribution >= 4 is 11.6 Å². The van der Waals surface area contributed by atoms with Crippen LogP contribution in [-0.4, -0.2) is 29.6 Å². The van der Waals surface area contributed by atoms with Crippen LogP contribution in [0.15, 0.2) is 28.8 Å². The minimum absolute atomic E-state index is 0.113. The molecule has 6 heteroatoms. The predicted molar refractivity (Wildman–Crippen MR) is 86.7 cm³/mol. The average molecular weight is 312 g/mol. The van der Waals surface area contributed by atoms with Gasteiger partial charge in [0.25, 0.3) is 0 Å².